The molecule has 0 aromatic carbocycles. The second-order valence-corrected chi connectivity index (χ2v) is 4.42. The van der Waals surface area contributed by atoms with Crippen LogP contribution in [0.1, 0.15) is 33.1 Å². The zero-order valence-electron chi connectivity index (χ0n) is 9.82. The molecule has 0 aliphatic carbocycles. The quantitative estimate of drug-likeness (QED) is 0.689. The molecule has 0 unspecified atom stereocenters. The van der Waals surface area contributed by atoms with E-state index in [-0.39, 0.29) is 0 Å². The molecule has 3 nitrogen and oxygen atoms in total. The van der Waals surface area contributed by atoms with Crippen LogP contribution in [0.15, 0.2) is 11.6 Å². The Bertz CT molecular complexity index is 216. The van der Waals surface area contributed by atoms with Crippen LogP contribution < -0.4 is 0 Å². The number of hydrogen-bond donors (Lipinski definition) is 2. The van der Waals surface area contributed by atoms with Gasteiger partial charge in [0.2, 0.25) is 0 Å². The zero-order chi connectivity index (χ0) is 11.3. The van der Waals surface area contributed by atoms with Crippen LogP contribution in [0.4, 0.5) is 0 Å². The highest BCUT2D eigenvalue weighted by Gasteiger charge is 2.24. The van der Waals surface area contributed by atoms with Gasteiger partial charge < -0.3 is 15.1 Å². The number of aliphatic hydroxyl groups excluding tert-OH is 2. The molecular weight excluding hydrogens is 190 g/mol. The van der Waals surface area contributed by atoms with E-state index < -0.39 is 12.2 Å². The summed E-state index contributed by atoms with van der Waals surface area (Å²) in [4.78, 5) is 2.22. The molecule has 15 heavy (non-hydrogen) atoms. The van der Waals surface area contributed by atoms with Crippen LogP contribution in [0.3, 0.4) is 0 Å². The molecule has 0 amide bonds. The highest BCUT2D eigenvalue weighted by atomic mass is 16.3. The van der Waals surface area contributed by atoms with Gasteiger partial charge in [0.1, 0.15) is 0 Å². The first-order valence-electron chi connectivity index (χ1n) is 5.87. The van der Waals surface area contributed by atoms with Crippen molar-refractivity contribution in [2.24, 2.45) is 0 Å². The summed E-state index contributed by atoms with van der Waals surface area (Å²) in [5.41, 5.74) is 1.42. The largest absolute Gasteiger partial charge is 0.390 e. The summed E-state index contributed by atoms with van der Waals surface area (Å²) in [5.74, 6) is 0. The number of rotatable bonds is 4. The number of allylic oxidation sites excluding steroid dienone is 1. The Morgan fingerprint density at radius 3 is 2.73 bits per heavy atom. The minimum absolute atomic E-state index is 0.519. The van der Waals surface area contributed by atoms with Gasteiger partial charge in [-0.15, -0.1) is 0 Å². The van der Waals surface area contributed by atoms with E-state index in [1.54, 1.807) is 0 Å². The van der Waals surface area contributed by atoms with Crippen molar-refractivity contribution < 1.29 is 10.2 Å². The Hall–Kier alpha value is -0.380. The van der Waals surface area contributed by atoms with Gasteiger partial charge in [-0.1, -0.05) is 18.6 Å². The van der Waals surface area contributed by atoms with Crippen LogP contribution in [0.25, 0.3) is 0 Å². The Kier molecular flexibility index (Phi) is 5.29. The molecule has 1 rings (SSSR count). The maximum Gasteiger partial charge on any atom is 0.0926 e. The van der Waals surface area contributed by atoms with Crippen LogP contribution >= 0.6 is 0 Å². The van der Waals surface area contributed by atoms with E-state index in [1.165, 1.54) is 5.57 Å². The van der Waals surface area contributed by atoms with Crippen molar-refractivity contribution in [1.82, 2.24) is 4.90 Å². The fraction of sp³-hybridized carbons (Fsp3) is 0.833. The van der Waals surface area contributed by atoms with Crippen molar-refractivity contribution in [1.29, 1.82) is 0 Å². The van der Waals surface area contributed by atoms with Gasteiger partial charge >= 0.3 is 0 Å². The van der Waals surface area contributed by atoms with Gasteiger partial charge in [0.05, 0.1) is 12.2 Å². The van der Waals surface area contributed by atoms with E-state index in [4.69, 9.17) is 0 Å². The first-order chi connectivity index (χ1) is 7.13. The number of β-amino-alcohol motifs (C(OH)–C–C–N with tert-alkyl or cyclic N) is 1. The Labute approximate surface area is 92.4 Å². The number of aliphatic hydroxyl groups is 2. The van der Waals surface area contributed by atoms with Gasteiger partial charge in [0.25, 0.3) is 0 Å². The zero-order valence-corrected chi connectivity index (χ0v) is 9.82. The Morgan fingerprint density at radius 1 is 1.40 bits per heavy atom. The van der Waals surface area contributed by atoms with Crippen LogP contribution in [0, 0.1) is 0 Å². The number of piperidine rings is 1. The fourth-order valence-electron chi connectivity index (χ4n) is 1.83. The number of likely N-dealkylation sites (tertiary alicyclic amines) is 1. The van der Waals surface area contributed by atoms with Crippen molar-refractivity contribution in [2.45, 2.75) is 45.3 Å². The molecule has 1 aliphatic heterocycles. The molecule has 2 N–H and O–H groups in total. The molecule has 1 aliphatic rings. The van der Waals surface area contributed by atoms with E-state index in [0.29, 0.717) is 13.0 Å². The third kappa shape index (κ3) is 4.33. The molecule has 3 heteroatoms. The Balaban J connectivity index is 2.23. The number of hydrogen-bond acceptors (Lipinski definition) is 3. The van der Waals surface area contributed by atoms with Gasteiger partial charge in [-0.3, -0.25) is 0 Å². The minimum atomic E-state index is -0.560. The van der Waals surface area contributed by atoms with Crippen LogP contribution in [-0.4, -0.2) is 47.0 Å². The molecule has 0 saturated carbocycles. The predicted molar refractivity (Wildman–Crippen MR) is 61.7 cm³/mol. The van der Waals surface area contributed by atoms with Crippen molar-refractivity contribution >= 4 is 0 Å². The number of nitrogens with zero attached hydrogens (tertiary/aromatic N) is 1. The molecule has 2 atom stereocenters. The summed E-state index contributed by atoms with van der Waals surface area (Å²) in [7, 11) is 0. The molecule has 0 aromatic heterocycles. The normalized spacial score (nSPS) is 29.5. The minimum Gasteiger partial charge on any atom is -0.390 e. The highest BCUT2D eigenvalue weighted by Crippen LogP contribution is 2.11. The summed E-state index contributed by atoms with van der Waals surface area (Å²) < 4.78 is 0. The Morgan fingerprint density at radius 2 is 2.13 bits per heavy atom. The smallest absolute Gasteiger partial charge is 0.0926 e. The fourth-order valence-corrected chi connectivity index (χ4v) is 1.83. The summed E-state index contributed by atoms with van der Waals surface area (Å²) in [6, 6.07) is 0. The van der Waals surface area contributed by atoms with Crippen molar-refractivity contribution in [3.63, 3.8) is 0 Å². The predicted octanol–water partition coefficient (Wildman–Crippen LogP) is 1.16. The van der Waals surface area contributed by atoms with E-state index in [2.05, 4.69) is 24.8 Å². The molecule has 1 heterocycles. The summed E-state index contributed by atoms with van der Waals surface area (Å²) in [6.07, 6.45) is 4.03. The average Bonchev–Trinajstić information content (AvgIpc) is 2.23. The third-order valence-electron chi connectivity index (χ3n) is 3.13. The second kappa shape index (κ2) is 6.26. The SMILES string of the molecule is CC/C(C)=C/CCN1CC[C@H](O)[C@H](O)C1. The molecule has 0 spiro atoms. The maximum atomic E-state index is 9.50. The topological polar surface area (TPSA) is 43.7 Å². The summed E-state index contributed by atoms with van der Waals surface area (Å²) >= 11 is 0. The molecule has 1 saturated heterocycles. The summed E-state index contributed by atoms with van der Waals surface area (Å²) in [5, 5.41) is 18.9. The van der Waals surface area contributed by atoms with Gasteiger partial charge in [-0.25, -0.2) is 0 Å². The van der Waals surface area contributed by atoms with E-state index in [1.807, 2.05) is 0 Å². The summed E-state index contributed by atoms with van der Waals surface area (Å²) in [6.45, 7) is 6.81. The highest BCUT2D eigenvalue weighted by molar-refractivity contribution is 4.97. The molecule has 0 radical (unpaired) electrons. The van der Waals surface area contributed by atoms with Crippen molar-refractivity contribution in [2.75, 3.05) is 19.6 Å². The van der Waals surface area contributed by atoms with E-state index in [9.17, 15) is 10.2 Å². The first kappa shape index (κ1) is 12.7. The molecule has 1 fully saturated rings. The lowest BCUT2D eigenvalue weighted by molar-refractivity contribution is -0.0377. The lowest BCUT2D eigenvalue weighted by Gasteiger charge is -2.33. The lowest BCUT2D eigenvalue weighted by atomic mass is 10.0. The van der Waals surface area contributed by atoms with Crippen LogP contribution in [0.2, 0.25) is 0 Å². The van der Waals surface area contributed by atoms with E-state index >= 15 is 0 Å². The van der Waals surface area contributed by atoms with E-state index in [0.717, 1.165) is 25.9 Å². The molecule has 0 bridgehead atoms. The van der Waals surface area contributed by atoms with Crippen LogP contribution in [-0.2, 0) is 0 Å². The first-order valence-corrected chi connectivity index (χ1v) is 5.87. The van der Waals surface area contributed by atoms with Gasteiger partial charge in [0.15, 0.2) is 0 Å². The van der Waals surface area contributed by atoms with Gasteiger partial charge in [-0.2, -0.15) is 0 Å². The third-order valence-corrected chi connectivity index (χ3v) is 3.13. The standard InChI is InChI=1S/C12H23NO2/c1-3-10(2)5-4-7-13-8-6-11(14)12(15)9-13/h5,11-12,14-15H,3-4,6-9H2,1-2H3/b10-5+/t11-,12+/m0/s1. The molecule has 88 valence electrons. The second-order valence-electron chi connectivity index (χ2n) is 4.42. The van der Waals surface area contributed by atoms with Crippen molar-refractivity contribution in [3.05, 3.63) is 11.6 Å². The lowest BCUT2D eigenvalue weighted by Crippen LogP contribution is -2.46. The molecule has 0 aromatic rings. The van der Waals surface area contributed by atoms with Gasteiger partial charge in [-0.05, 0) is 26.2 Å². The molecular formula is C12H23NO2. The van der Waals surface area contributed by atoms with Gasteiger partial charge in [0, 0.05) is 19.6 Å². The average molecular weight is 213 g/mol. The maximum absolute atomic E-state index is 9.50. The van der Waals surface area contributed by atoms with Crippen molar-refractivity contribution in [3.8, 4) is 0 Å². The monoisotopic (exact) mass is 213 g/mol. The van der Waals surface area contributed by atoms with Crippen LogP contribution in [0.5, 0.6) is 0 Å².